The van der Waals surface area contributed by atoms with E-state index in [9.17, 15) is 0 Å². The second-order valence-electron chi connectivity index (χ2n) is 3.38. The maximum Gasteiger partial charge on any atom is 0.0462 e. The fraction of sp³-hybridized carbons (Fsp3) is 1.00. The summed E-state index contributed by atoms with van der Waals surface area (Å²) in [6, 6.07) is 0.631. The molecule has 2 atom stereocenters. The highest BCUT2D eigenvalue weighted by molar-refractivity contribution is 4.69. The molecular weight excluding hydrogens is 150 g/mol. The zero-order valence-corrected chi connectivity index (χ0v) is 8.89. The minimum absolute atomic E-state index is 0.631. The van der Waals surface area contributed by atoms with Crippen LogP contribution >= 0.6 is 0 Å². The van der Waals surface area contributed by atoms with Crippen molar-refractivity contribution >= 4 is 0 Å². The van der Waals surface area contributed by atoms with Gasteiger partial charge in [-0.15, -0.1) is 0 Å². The molecule has 0 rings (SSSR count). The van der Waals surface area contributed by atoms with Gasteiger partial charge >= 0.3 is 0 Å². The predicted molar refractivity (Wildman–Crippen MR) is 53.4 cm³/mol. The van der Waals surface area contributed by atoms with E-state index in [2.05, 4.69) is 19.2 Å². The SMILES string of the molecule is CCC(CCCOC)C(C)NC. The molecule has 0 heterocycles. The highest BCUT2D eigenvalue weighted by Crippen LogP contribution is 2.14. The highest BCUT2D eigenvalue weighted by atomic mass is 16.5. The van der Waals surface area contributed by atoms with Gasteiger partial charge < -0.3 is 10.1 Å². The summed E-state index contributed by atoms with van der Waals surface area (Å²) in [5.74, 6) is 0.796. The zero-order valence-electron chi connectivity index (χ0n) is 8.89. The Morgan fingerprint density at radius 2 is 2.08 bits per heavy atom. The average molecular weight is 173 g/mol. The van der Waals surface area contributed by atoms with E-state index in [-0.39, 0.29) is 0 Å². The van der Waals surface area contributed by atoms with Crippen LogP contribution in [0.1, 0.15) is 33.1 Å². The van der Waals surface area contributed by atoms with Crippen molar-refractivity contribution in [1.29, 1.82) is 0 Å². The van der Waals surface area contributed by atoms with Gasteiger partial charge in [-0.25, -0.2) is 0 Å². The highest BCUT2D eigenvalue weighted by Gasteiger charge is 2.12. The maximum atomic E-state index is 5.03. The first-order valence-corrected chi connectivity index (χ1v) is 4.92. The molecule has 2 heteroatoms. The molecule has 0 radical (unpaired) electrons. The van der Waals surface area contributed by atoms with Crippen molar-refractivity contribution in [2.24, 2.45) is 5.92 Å². The van der Waals surface area contributed by atoms with Crippen LogP contribution in [-0.4, -0.2) is 26.8 Å². The van der Waals surface area contributed by atoms with Crippen molar-refractivity contribution in [3.8, 4) is 0 Å². The standard InChI is InChI=1S/C10H23NO/c1-5-10(9(2)11-3)7-6-8-12-4/h9-11H,5-8H2,1-4H3. The van der Waals surface area contributed by atoms with E-state index in [1.54, 1.807) is 7.11 Å². The lowest BCUT2D eigenvalue weighted by molar-refractivity contribution is 0.182. The lowest BCUT2D eigenvalue weighted by Gasteiger charge is -2.21. The lowest BCUT2D eigenvalue weighted by atomic mass is 9.93. The van der Waals surface area contributed by atoms with Crippen LogP contribution in [0.15, 0.2) is 0 Å². The Morgan fingerprint density at radius 1 is 1.42 bits per heavy atom. The largest absolute Gasteiger partial charge is 0.385 e. The summed E-state index contributed by atoms with van der Waals surface area (Å²) in [5, 5.41) is 3.30. The third-order valence-electron chi connectivity index (χ3n) is 2.61. The first-order chi connectivity index (χ1) is 5.76. The van der Waals surface area contributed by atoms with Gasteiger partial charge in [0.1, 0.15) is 0 Å². The van der Waals surface area contributed by atoms with Gasteiger partial charge in [-0.1, -0.05) is 13.3 Å². The molecule has 0 saturated carbocycles. The lowest BCUT2D eigenvalue weighted by Crippen LogP contribution is -2.30. The summed E-state index contributed by atoms with van der Waals surface area (Å²) >= 11 is 0. The van der Waals surface area contributed by atoms with Crippen molar-refractivity contribution in [3.63, 3.8) is 0 Å². The third kappa shape index (κ3) is 4.73. The predicted octanol–water partition coefficient (Wildman–Crippen LogP) is 2.05. The van der Waals surface area contributed by atoms with Crippen LogP contribution < -0.4 is 5.32 Å². The Bertz CT molecular complexity index is 95.8. The number of methoxy groups -OCH3 is 1. The zero-order chi connectivity index (χ0) is 9.40. The first kappa shape index (κ1) is 11.9. The molecule has 74 valence electrons. The van der Waals surface area contributed by atoms with E-state index >= 15 is 0 Å². The van der Waals surface area contributed by atoms with Gasteiger partial charge in [-0.2, -0.15) is 0 Å². The summed E-state index contributed by atoms with van der Waals surface area (Å²) in [6.07, 6.45) is 3.71. The molecule has 1 N–H and O–H groups in total. The quantitative estimate of drug-likeness (QED) is 0.595. The van der Waals surface area contributed by atoms with Crippen LogP contribution in [0.2, 0.25) is 0 Å². The fourth-order valence-corrected chi connectivity index (χ4v) is 1.53. The van der Waals surface area contributed by atoms with Gasteiger partial charge in [0, 0.05) is 19.8 Å². The van der Waals surface area contributed by atoms with Gasteiger partial charge in [0.15, 0.2) is 0 Å². The van der Waals surface area contributed by atoms with E-state index in [1.807, 2.05) is 7.05 Å². The molecule has 0 aromatic heterocycles. The summed E-state index contributed by atoms with van der Waals surface area (Å²) in [4.78, 5) is 0. The van der Waals surface area contributed by atoms with Crippen LogP contribution in [-0.2, 0) is 4.74 Å². The molecule has 0 aliphatic heterocycles. The summed E-state index contributed by atoms with van der Waals surface area (Å²) in [6.45, 7) is 5.40. The van der Waals surface area contributed by atoms with Crippen LogP contribution in [0.25, 0.3) is 0 Å². The molecular formula is C10H23NO. The first-order valence-electron chi connectivity index (χ1n) is 4.92. The molecule has 0 fully saturated rings. The van der Waals surface area contributed by atoms with Crippen LogP contribution in [0.5, 0.6) is 0 Å². The van der Waals surface area contributed by atoms with Gasteiger partial charge in [0.05, 0.1) is 0 Å². The van der Waals surface area contributed by atoms with Crippen LogP contribution in [0, 0.1) is 5.92 Å². The van der Waals surface area contributed by atoms with Crippen LogP contribution in [0.3, 0.4) is 0 Å². The maximum absolute atomic E-state index is 5.03. The normalized spacial score (nSPS) is 16.0. The summed E-state index contributed by atoms with van der Waals surface area (Å²) in [5.41, 5.74) is 0. The second kappa shape index (κ2) is 7.56. The summed E-state index contributed by atoms with van der Waals surface area (Å²) < 4.78 is 5.03. The third-order valence-corrected chi connectivity index (χ3v) is 2.61. The number of hydrogen-bond donors (Lipinski definition) is 1. The second-order valence-corrected chi connectivity index (χ2v) is 3.38. The molecule has 0 saturated heterocycles. The van der Waals surface area contributed by atoms with E-state index in [4.69, 9.17) is 4.74 Å². The van der Waals surface area contributed by atoms with Crippen molar-refractivity contribution in [2.45, 2.75) is 39.2 Å². The molecule has 12 heavy (non-hydrogen) atoms. The molecule has 0 aliphatic carbocycles. The molecule has 0 aliphatic rings. The Morgan fingerprint density at radius 3 is 2.50 bits per heavy atom. The van der Waals surface area contributed by atoms with Gasteiger partial charge in [0.2, 0.25) is 0 Å². The molecule has 0 aromatic carbocycles. The van der Waals surface area contributed by atoms with E-state index in [1.165, 1.54) is 19.3 Å². The Hall–Kier alpha value is -0.0800. The number of ether oxygens (including phenoxy) is 1. The molecule has 2 nitrogen and oxygen atoms in total. The van der Waals surface area contributed by atoms with Crippen molar-refractivity contribution in [1.82, 2.24) is 5.32 Å². The average Bonchev–Trinajstić information content (AvgIpc) is 2.11. The smallest absolute Gasteiger partial charge is 0.0462 e. The van der Waals surface area contributed by atoms with Crippen molar-refractivity contribution < 1.29 is 4.74 Å². The topological polar surface area (TPSA) is 21.3 Å². The Balaban J connectivity index is 3.52. The number of nitrogens with one attached hydrogen (secondary N) is 1. The molecule has 0 spiro atoms. The van der Waals surface area contributed by atoms with Gasteiger partial charge in [-0.05, 0) is 32.7 Å². The minimum Gasteiger partial charge on any atom is -0.385 e. The molecule has 0 amide bonds. The summed E-state index contributed by atoms with van der Waals surface area (Å²) in [7, 11) is 3.80. The van der Waals surface area contributed by atoms with E-state index in [0.29, 0.717) is 6.04 Å². The minimum atomic E-state index is 0.631. The van der Waals surface area contributed by atoms with E-state index < -0.39 is 0 Å². The van der Waals surface area contributed by atoms with Crippen molar-refractivity contribution in [2.75, 3.05) is 20.8 Å². The Labute approximate surface area is 76.7 Å². The van der Waals surface area contributed by atoms with E-state index in [0.717, 1.165) is 12.5 Å². The fourth-order valence-electron chi connectivity index (χ4n) is 1.53. The van der Waals surface area contributed by atoms with Gasteiger partial charge in [-0.3, -0.25) is 0 Å². The molecule has 0 bridgehead atoms. The molecule has 2 unspecified atom stereocenters. The number of hydrogen-bond acceptors (Lipinski definition) is 2. The number of rotatable bonds is 7. The van der Waals surface area contributed by atoms with Crippen molar-refractivity contribution in [3.05, 3.63) is 0 Å². The van der Waals surface area contributed by atoms with Crippen LogP contribution in [0.4, 0.5) is 0 Å². The monoisotopic (exact) mass is 173 g/mol. The van der Waals surface area contributed by atoms with Gasteiger partial charge in [0.25, 0.3) is 0 Å². The Kier molecular flexibility index (Phi) is 7.51. The molecule has 0 aromatic rings.